The number of aliphatic hydroxyl groups is 1. The third-order valence-electron chi connectivity index (χ3n) is 1.17. The maximum Gasteiger partial charge on any atom is 0.358 e. The highest BCUT2D eigenvalue weighted by molar-refractivity contribution is 6.22. The van der Waals surface area contributed by atoms with Crippen molar-refractivity contribution < 1.29 is 9.76 Å². The molecule has 3 N–H and O–H groups in total. The summed E-state index contributed by atoms with van der Waals surface area (Å²) in [4.78, 5) is 0. The highest BCUT2D eigenvalue weighted by Crippen LogP contribution is 2.03. The minimum atomic E-state index is -0.358. The highest BCUT2D eigenvalue weighted by atomic mass is 16.4. The zero-order chi connectivity index (χ0) is 7.98. The van der Waals surface area contributed by atoms with Crippen LogP contribution in [0.15, 0.2) is 0 Å². The largest absolute Gasteiger partial charge is 0.422 e. The summed E-state index contributed by atoms with van der Waals surface area (Å²) in [5, 5.41) is 9.17. The molecule has 0 aromatic carbocycles. The van der Waals surface area contributed by atoms with Crippen molar-refractivity contribution in [2.24, 2.45) is 11.6 Å². The molecule has 0 saturated heterocycles. The molecule has 0 heterocycles. The summed E-state index contributed by atoms with van der Waals surface area (Å²) in [5.74, 6) is 0.511. The van der Waals surface area contributed by atoms with E-state index in [1.807, 2.05) is 0 Å². The number of hydrogen-bond donors (Lipinski definition) is 2. The van der Waals surface area contributed by atoms with E-state index in [0.717, 1.165) is 6.42 Å². The Morgan fingerprint density at radius 1 is 1.60 bits per heavy atom. The number of nitrogens with two attached hydrogens (primary N) is 1. The SMILES string of the molecule is CC(C)CC(O)COBN. The zero-order valence-corrected chi connectivity index (χ0v) is 6.71. The van der Waals surface area contributed by atoms with E-state index < -0.39 is 0 Å². The van der Waals surface area contributed by atoms with E-state index in [-0.39, 0.29) is 13.7 Å². The summed E-state index contributed by atoms with van der Waals surface area (Å²) in [6.07, 6.45) is 0.420. The van der Waals surface area contributed by atoms with Gasteiger partial charge in [0.2, 0.25) is 0 Å². The van der Waals surface area contributed by atoms with Gasteiger partial charge < -0.3 is 15.4 Å². The second-order valence-corrected chi connectivity index (χ2v) is 2.82. The lowest BCUT2D eigenvalue weighted by Crippen LogP contribution is -2.21. The molecule has 1 unspecified atom stereocenters. The average molecular weight is 145 g/mol. The monoisotopic (exact) mass is 145 g/mol. The Bertz CT molecular complexity index is 80.1. The summed E-state index contributed by atoms with van der Waals surface area (Å²) < 4.78 is 4.82. The highest BCUT2D eigenvalue weighted by Gasteiger charge is 2.05. The molecule has 0 amide bonds. The van der Waals surface area contributed by atoms with Crippen LogP contribution in [0, 0.1) is 5.92 Å². The predicted octanol–water partition coefficient (Wildman–Crippen LogP) is -0.365. The van der Waals surface area contributed by atoms with Crippen LogP contribution in [-0.2, 0) is 4.65 Å². The molecule has 0 fully saturated rings. The summed E-state index contributed by atoms with van der Waals surface area (Å²) in [6.45, 7) is 4.48. The normalized spacial score (nSPS) is 13.7. The summed E-state index contributed by atoms with van der Waals surface area (Å²) in [7, 11) is 0.190. The first-order chi connectivity index (χ1) is 4.66. The van der Waals surface area contributed by atoms with Crippen molar-refractivity contribution in [2.45, 2.75) is 26.4 Å². The lowest BCUT2D eigenvalue weighted by molar-refractivity contribution is 0.0912. The maximum absolute atomic E-state index is 9.17. The third kappa shape index (κ3) is 6.07. The van der Waals surface area contributed by atoms with Gasteiger partial charge in [-0.1, -0.05) is 13.8 Å². The molecule has 0 aliphatic carbocycles. The van der Waals surface area contributed by atoms with Gasteiger partial charge in [0.05, 0.1) is 12.7 Å². The molecule has 0 aliphatic rings. The summed E-state index contributed by atoms with van der Waals surface area (Å²) >= 11 is 0. The molecule has 4 heteroatoms. The molecule has 0 rings (SSSR count). The minimum Gasteiger partial charge on any atom is -0.422 e. The van der Waals surface area contributed by atoms with Crippen molar-refractivity contribution in [2.75, 3.05) is 6.61 Å². The van der Waals surface area contributed by atoms with Gasteiger partial charge in [-0.05, 0) is 12.3 Å². The summed E-state index contributed by atoms with van der Waals surface area (Å²) in [5.41, 5.74) is 5.07. The van der Waals surface area contributed by atoms with E-state index in [4.69, 9.17) is 10.3 Å². The smallest absolute Gasteiger partial charge is 0.358 e. The van der Waals surface area contributed by atoms with Crippen LogP contribution in [0.3, 0.4) is 0 Å². The van der Waals surface area contributed by atoms with Crippen molar-refractivity contribution in [3.05, 3.63) is 0 Å². The molecule has 3 nitrogen and oxygen atoms in total. The molecule has 0 saturated carbocycles. The van der Waals surface area contributed by atoms with Gasteiger partial charge in [-0.25, -0.2) is 0 Å². The van der Waals surface area contributed by atoms with Crippen molar-refractivity contribution in [3.63, 3.8) is 0 Å². The number of rotatable bonds is 5. The Labute approximate surface area is 62.9 Å². The van der Waals surface area contributed by atoms with Gasteiger partial charge in [0.25, 0.3) is 0 Å². The molecule has 0 aromatic rings. The van der Waals surface area contributed by atoms with Crippen LogP contribution < -0.4 is 5.64 Å². The lowest BCUT2D eigenvalue weighted by atomic mass is 10.1. The van der Waals surface area contributed by atoms with Crippen LogP contribution in [0.5, 0.6) is 0 Å². The van der Waals surface area contributed by atoms with E-state index in [1.165, 1.54) is 0 Å². The Morgan fingerprint density at radius 2 is 2.20 bits per heavy atom. The van der Waals surface area contributed by atoms with Crippen LogP contribution in [-0.4, -0.2) is 25.4 Å². The first kappa shape index (κ1) is 9.94. The van der Waals surface area contributed by atoms with Gasteiger partial charge in [0, 0.05) is 0 Å². The summed E-state index contributed by atoms with van der Waals surface area (Å²) in [6, 6.07) is 0. The van der Waals surface area contributed by atoms with Gasteiger partial charge >= 0.3 is 7.62 Å². The minimum absolute atomic E-state index is 0.190. The average Bonchev–Trinajstić information content (AvgIpc) is 1.82. The molecule has 0 radical (unpaired) electrons. The van der Waals surface area contributed by atoms with E-state index in [2.05, 4.69) is 13.8 Å². The van der Waals surface area contributed by atoms with Gasteiger partial charge in [-0.2, -0.15) is 0 Å². The van der Waals surface area contributed by atoms with Crippen LogP contribution in [0.25, 0.3) is 0 Å². The number of aliphatic hydroxyl groups excluding tert-OH is 1. The van der Waals surface area contributed by atoms with E-state index in [0.29, 0.717) is 12.5 Å². The second-order valence-electron chi connectivity index (χ2n) is 2.82. The standard InChI is InChI=1S/C6H16BNO2/c1-5(2)3-6(9)4-10-7-8/h5-7,9H,3-4,8H2,1-2H3. The fraction of sp³-hybridized carbons (Fsp3) is 1.00. The molecular formula is C6H16BNO2. The van der Waals surface area contributed by atoms with E-state index in [1.54, 1.807) is 0 Å². The van der Waals surface area contributed by atoms with Crippen molar-refractivity contribution in [1.82, 2.24) is 0 Å². The molecule has 60 valence electrons. The maximum atomic E-state index is 9.17. The molecule has 1 atom stereocenters. The van der Waals surface area contributed by atoms with Gasteiger partial charge in [-0.15, -0.1) is 0 Å². The molecule has 10 heavy (non-hydrogen) atoms. The molecule has 0 aliphatic heterocycles. The Kier molecular flexibility index (Phi) is 5.68. The lowest BCUT2D eigenvalue weighted by Gasteiger charge is -2.11. The van der Waals surface area contributed by atoms with Crippen molar-refractivity contribution in [1.29, 1.82) is 0 Å². The molecule has 0 spiro atoms. The quantitative estimate of drug-likeness (QED) is 0.519. The number of hydrogen-bond acceptors (Lipinski definition) is 3. The van der Waals surface area contributed by atoms with E-state index >= 15 is 0 Å². The van der Waals surface area contributed by atoms with E-state index in [9.17, 15) is 5.11 Å². The fourth-order valence-corrected chi connectivity index (χ4v) is 0.816. The molecular weight excluding hydrogens is 129 g/mol. The van der Waals surface area contributed by atoms with Crippen molar-refractivity contribution >= 4 is 7.62 Å². The topological polar surface area (TPSA) is 55.5 Å². The molecule has 0 aromatic heterocycles. The first-order valence-corrected chi connectivity index (χ1v) is 3.62. The molecule has 0 bridgehead atoms. The van der Waals surface area contributed by atoms with Gasteiger partial charge in [-0.3, -0.25) is 0 Å². The van der Waals surface area contributed by atoms with Crippen LogP contribution >= 0.6 is 0 Å². The fourth-order valence-electron chi connectivity index (χ4n) is 0.816. The Balaban J connectivity index is 3.16. The predicted molar refractivity (Wildman–Crippen MR) is 42.8 cm³/mol. The van der Waals surface area contributed by atoms with Gasteiger partial charge in [0.15, 0.2) is 0 Å². The Morgan fingerprint density at radius 3 is 2.60 bits per heavy atom. The van der Waals surface area contributed by atoms with Crippen LogP contribution in [0.2, 0.25) is 0 Å². The second kappa shape index (κ2) is 5.71. The van der Waals surface area contributed by atoms with Crippen LogP contribution in [0.4, 0.5) is 0 Å². The Hall–Kier alpha value is -0.0551. The van der Waals surface area contributed by atoms with Gasteiger partial charge in [0.1, 0.15) is 0 Å². The first-order valence-electron chi connectivity index (χ1n) is 3.62. The van der Waals surface area contributed by atoms with Crippen LogP contribution in [0.1, 0.15) is 20.3 Å². The third-order valence-corrected chi connectivity index (χ3v) is 1.17. The zero-order valence-electron chi connectivity index (χ0n) is 6.71. The van der Waals surface area contributed by atoms with Crippen molar-refractivity contribution in [3.8, 4) is 0 Å².